The van der Waals surface area contributed by atoms with Crippen molar-refractivity contribution in [3.8, 4) is 11.1 Å². The number of carbonyl (C=O) groups excluding carboxylic acids is 2. The molecule has 0 aliphatic heterocycles. The number of nitrogens with zero attached hydrogens (tertiary/aromatic N) is 1. The lowest BCUT2D eigenvalue weighted by molar-refractivity contribution is -0.150. The van der Waals surface area contributed by atoms with Crippen molar-refractivity contribution in [2.45, 2.75) is 51.0 Å². The van der Waals surface area contributed by atoms with Crippen molar-refractivity contribution in [1.29, 1.82) is 0 Å². The lowest BCUT2D eigenvalue weighted by Gasteiger charge is -2.39. The third-order valence-electron chi connectivity index (χ3n) is 7.50. The van der Waals surface area contributed by atoms with Crippen LogP contribution in [0.2, 0.25) is 0 Å². The highest BCUT2D eigenvalue weighted by Gasteiger charge is 2.38. The van der Waals surface area contributed by atoms with Crippen LogP contribution in [0.15, 0.2) is 48.5 Å². The van der Waals surface area contributed by atoms with Crippen LogP contribution in [0, 0.1) is 11.8 Å². The third-order valence-corrected chi connectivity index (χ3v) is 7.50. The Bertz CT molecular complexity index is 1030. The van der Waals surface area contributed by atoms with E-state index in [-0.39, 0.29) is 29.7 Å². The molecule has 2 N–H and O–H groups in total. The Hall–Kier alpha value is -3.35. The third kappa shape index (κ3) is 5.66. The molecule has 0 bridgehead atoms. The molecule has 0 heterocycles. The summed E-state index contributed by atoms with van der Waals surface area (Å²) in [5, 5.41) is 11.8. The van der Waals surface area contributed by atoms with E-state index in [4.69, 9.17) is 9.84 Å². The van der Waals surface area contributed by atoms with E-state index < -0.39 is 12.1 Å². The van der Waals surface area contributed by atoms with Gasteiger partial charge < -0.3 is 20.1 Å². The summed E-state index contributed by atoms with van der Waals surface area (Å²) in [5.74, 6) is -0.737. The molecule has 4 rings (SSSR count). The Morgan fingerprint density at radius 3 is 2.23 bits per heavy atom. The van der Waals surface area contributed by atoms with Gasteiger partial charge in [-0.25, -0.2) is 4.79 Å². The van der Waals surface area contributed by atoms with Crippen molar-refractivity contribution < 1.29 is 24.2 Å². The van der Waals surface area contributed by atoms with Gasteiger partial charge in [0, 0.05) is 32.0 Å². The summed E-state index contributed by atoms with van der Waals surface area (Å²) >= 11 is 0. The predicted octanol–water partition coefficient (Wildman–Crippen LogP) is 4.65. The maximum absolute atomic E-state index is 12.4. The number of alkyl carbamates (subject to hydrolysis) is 1. The predicted molar refractivity (Wildman–Crippen MR) is 133 cm³/mol. The number of hydrogen-bond donors (Lipinski definition) is 2. The highest BCUT2D eigenvalue weighted by Crippen LogP contribution is 2.44. The van der Waals surface area contributed by atoms with Crippen molar-refractivity contribution in [2.24, 2.45) is 11.8 Å². The lowest BCUT2D eigenvalue weighted by Crippen LogP contribution is -2.47. The van der Waals surface area contributed by atoms with E-state index in [1.165, 1.54) is 22.3 Å². The molecule has 0 saturated heterocycles. The second-order valence-electron chi connectivity index (χ2n) is 9.85. The average molecular weight is 479 g/mol. The molecule has 1 atom stereocenters. The molecule has 2 aliphatic rings. The summed E-state index contributed by atoms with van der Waals surface area (Å²) in [6, 6.07) is 16.5. The first-order valence-corrected chi connectivity index (χ1v) is 12.4. The molecule has 1 unspecified atom stereocenters. The van der Waals surface area contributed by atoms with Gasteiger partial charge in [-0.2, -0.15) is 0 Å². The number of hydrogen-bond acceptors (Lipinski definition) is 4. The van der Waals surface area contributed by atoms with Crippen LogP contribution in [0.25, 0.3) is 11.1 Å². The van der Waals surface area contributed by atoms with Gasteiger partial charge in [0.15, 0.2) is 0 Å². The van der Waals surface area contributed by atoms with Gasteiger partial charge in [-0.05, 0) is 53.9 Å². The summed E-state index contributed by atoms with van der Waals surface area (Å²) in [7, 11) is 1.76. The topological polar surface area (TPSA) is 95.9 Å². The van der Waals surface area contributed by atoms with Crippen LogP contribution in [0.4, 0.5) is 4.79 Å². The molecule has 2 amide bonds. The Balaban J connectivity index is 1.15. The van der Waals surface area contributed by atoms with Gasteiger partial charge in [0.25, 0.3) is 0 Å². The fourth-order valence-electron chi connectivity index (χ4n) is 5.07. The number of ether oxygens (including phenoxy) is 1. The molecule has 2 aliphatic carbocycles. The van der Waals surface area contributed by atoms with Crippen LogP contribution >= 0.6 is 0 Å². The number of carboxylic acids is 1. The van der Waals surface area contributed by atoms with E-state index >= 15 is 0 Å². The van der Waals surface area contributed by atoms with Gasteiger partial charge in [0.2, 0.25) is 5.91 Å². The fourth-order valence-corrected chi connectivity index (χ4v) is 5.07. The number of nitrogens with one attached hydrogen (secondary N) is 1. The van der Waals surface area contributed by atoms with E-state index in [9.17, 15) is 14.4 Å². The molecule has 0 aromatic heterocycles. The molecule has 2 aromatic carbocycles. The van der Waals surface area contributed by atoms with Crippen molar-refractivity contribution in [1.82, 2.24) is 10.2 Å². The standard InChI is InChI=1S/C28H34N2O5/c1-18(11-12-26(31)30(2)20-15-19(16-20)27(32)33)13-14-29-28(34)35-17-25-23-9-5-3-7-21(23)22-8-4-6-10-24(22)25/h3-10,18-20,25H,11-17H2,1-2H3,(H,29,34)(H,32,33). The second kappa shape index (κ2) is 10.9. The van der Waals surface area contributed by atoms with Crippen LogP contribution in [0.5, 0.6) is 0 Å². The summed E-state index contributed by atoms with van der Waals surface area (Å²) in [4.78, 5) is 37.4. The Morgan fingerprint density at radius 1 is 1.03 bits per heavy atom. The SMILES string of the molecule is CC(CCNC(=O)OCC1c2ccccc2-c2ccccc21)CCC(=O)N(C)C1CC(C(=O)O)C1. The molecule has 7 heteroatoms. The minimum atomic E-state index is -0.778. The van der Waals surface area contributed by atoms with Crippen LogP contribution in [-0.4, -0.2) is 54.2 Å². The zero-order valence-corrected chi connectivity index (χ0v) is 20.4. The van der Waals surface area contributed by atoms with E-state index in [0.717, 1.165) is 12.8 Å². The molecular formula is C28H34N2O5. The van der Waals surface area contributed by atoms with Gasteiger partial charge in [0.1, 0.15) is 6.61 Å². The summed E-state index contributed by atoms with van der Waals surface area (Å²) in [5.41, 5.74) is 4.77. The first-order valence-electron chi connectivity index (χ1n) is 12.4. The largest absolute Gasteiger partial charge is 0.481 e. The molecule has 7 nitrogen and oxygen atoms in total. The Labute approximate surface area is 206 Å². The van der Waals surface area contributed by atoms with Crippen LogP contribution in [0.1, 0.15) is 56.1 Å². The van der Waals surface area contributed by atoms with Gasteiger partial charge in [-0.1, -0.05) is 55.5 Å². The van der Waals surface area contributed by atoms with Crippen molar-refractivity contribution in [3.05, 3.63) is 59.7 Å². The molecular weight excluding hydrogens is 444 g/mol. The minimum Gasteiger partial charge on any atom is -0.481 e. The zero-order valence-electron chi connectivity index (χ0n) is 20.4. The Morgan fingerprint density at radius 2 is 1.63 bits per heavy atom. The quantitative estimate of drug-likeness (QED) is 0.518. The average Bonchev–Trinajstić information content (AvgIpc) is 3.13. The monoisotopic (exact) mass is 478 g/mol. The number of carboxylic acid groups (broad SMARTS) is 1. The normalized spacial score (nSPS) is 19.1. The number of rotatable bonds is 10. The summed E-state index contributed by atoms with van der Waals surface area (Å²) in [6.45, 7) is 2.85. The molecule has 1 fully saturated rings. The van der Waals surface area contributed by atoms with E-state index in [1.807, 2.05) is 24.3 Å². The minimum absolute atomic E-state index is 0.0362. The summed E-state index contributed by atoms with van der Waals surface area (Å²) in [6.07, 6.45) is 2.56. The lowest BCUT2D eigenvalue weighted by atomic mass is 9.79. The molecule has 0 radical (unpaired) electrons. The zero-order chi connectivity index (χ0) is 24.9. The molecule has 2 aromatic rings. The van der Waals surface area contributed by atoms with E-state index in [2.05, 4.69) is 36.5 Å². The van der Waals surface area contributed by atoms with E-state index in [1.54, 1.807) is 11.9 Å². The van der Waals surface area contributed by atoms with Gasteiger partial charge in [-0.15, -0.1) is 0 Å². The Kier molecular flexibility index (Phi) is 7.73. The smallest absolute Gasteiger partial charge is 0.407 e. The van der Waals surface area contributed by atoms with Gasteiger partial charge in [0.05, 0.1) is 5.92 Å². The van der Waals surface area contributed by atoms with Crippen LogP contribution in [0.3, 0.4) is 0 Å². The maximum Gasteiger partial charge on any atom is 0.407 e. The van der Waals surface area contributed by atoms with Crippen LogP contribution < -0.4 is 5.32 Å². The molecule has 186 valence electrons. The van der Waals surface area contributed by atoms with Crippen molar-refractivity contribution in [2.75, 3.05) is 20.2 Å². The van der Waals surface area contributed by atoms with E-state index in [0.29, 0.717) is 32.4 Å². The molecule has 35 heavy (non-hydrogen) atoms. The number of amides is 2. The highest BCUT2D eigenvalue weighted by molar-refractivity contribution is 5.79. The summed E-state index contributed by atoms with van der Waals surface area (Å²) < 4.78 is 5.57. The van der Waals surface area contributed by atoms with Gasteiger partial charge >= 0.3 is 12.1 Å². The maximum atomic E-state index is 12.4. The first-order chi connectivity index (χ1) is 16.8. The number of fused-ring (bicyclic) bond motifs is 3. The van der Waals surface area contributed by atoms with Crippen molar-refractivity contribution in [3.63, 3.8) is 0 Å². The number of aliphatic carboxylic acids is 1. The second-order valence-corrected chi connectivity index (χ2v) is 9.85. The van der Waals surface area contributed by atoms with Crippen molar-refractivity contribution >= 4 is 18.0 Å². The highest BCUT2D eigenvalue weighted by atomic mass is 16.5. The number of carbonyl (C=O) groups is 3. The van der Waals surface area contributed by atoms with Gasteiger partial charge in [-0.3, -0.25) is 9.59 Å². The van der Waals surface area contributed by atoms with Crippen LogP contribution in [-0.2, 0) is 14.3 Å². The molecule has 0 spiro atoms. The fraction of sp³-hybridized carbons (Fsp3) is 0.464. The molecule has 1 saturated carbocycles. The number of benzene rings is 2. The first kappa shape index (κ1) is 24.8.